The van der Waals surface area contributed by atoms with Crippen molar-refractivity contribution < 1.29 is 4.39 Å². The van der Waals surface area contributed by atoms with Crippen molar-refractivity contribution >= 4 is 5.69 Å². The second kappa shape index (κ2) is 9.39. The Kier molecular flexibility index (Phi) is 6.43. The molecule has 0 radical (unpaired) electrons. The Bertz CT molecular complexity index is 920. The molecule has 1 unspecified atom stereocenters. The largest absolute Gasteiger partial charge is 0.365 e. The van der Waals surface area contributed by atoms with Gasteiger partial charge in [0.2, 0.25) is 0 Å². The molecule has 30 heavy (non-hydrogen) atoms. The summed E-state index contributed by atoms with van der Waals surface area (Å²) in [6.45, 7) is 8.25. The third-order valence-corrected chi connectivity index (χ3v) is 6.16. The summed E-state index contributed by atoms with van der Waals surface area (Å²) in [5.41, 5.74) is 3.98. The van der Waals surface area contributed by atoms with Gasteiger partial charge in [0.15, 0.2) is 0 Å². The van der Waals surface area contributed by atoms with E-state index in [2.05, 4.69) is 52.2 Å². The molecule has 1 aromatic heterocycles. The van der Waals surface area contributed by atoms with Crippen LogP contribution in [0.15, 0.2) is 60.9 Å². The molecular formula is C24H30FN5. The molecule has 0 aliphatic carbocycles. The Morgan fingerprint density at radius 2 is 1.83 bits per heavy atom. The highest BCUT2D eigenvalue weighted by molar-refractivity contribution is 5.64. The molecule has 1 atom stereocenters. The minimum atomic E-state index is -0.178. The maximum atomic E-state index is 11.9. The van der Waals surface area contributed by atoms with E-state index in [0.717, 1.165) is 12.1 Å². The number of anilines is 1. The number of piperidine rings is 1. The van der Waals surface area contributed by atoms with Crippen LogP contribution in [0.25, 0.3) is 5.69 Å². The van der Waals surface area contributed by atoms with Gasteiger partial charge in [0.25, 0.3) is 0 Å². The predicted octanol–water partition coefficient (Wildman–Crippen LogP) is 4.33. The molecule has 0 bridgehead atoms. The van der Waals surface area contributed by atoms with Crippen LogP contribution in [0.5, 0.6) is 0 Å². The van der Waals surface area contributed by atoms with E-state index in [1.54, 1.807) is 24.4 Å². The van der Waals surface area contributed by atoms with Gasteiger partial charge in [-0.3, -0.25) is 0 Å². The molecule has 0 N–H and O–H groups in total. The van der Waals surface area contributed by atoms with Crippen LogP contribution in [0.3, 0.4) is 0 Å². The molecule has 0 amide bonds. The first-order valence-corrected chi connectivity index (χ1v) is 10.9. The van der Waals surface area contributed by atoms with E-state index in [9.17, 15) is 4.39 Å². The lowest BCUT2D eigenvalue weighted by molar-refractivity contribution is 0.216. The number of likely N-dealkylation sites (tertiary alicyclic amines) is 1. The summed E-state index contributed by atoms with van der Waals surface area (Å²) in [4.78, 5) is 5.23. The lowest BCUT2D eigenvalue weighted by atomic mass is 10.0. The molecule has 2 aliphatic rings. The fraction of sp³-hybridized carbons (Fsp3) is 0.417. The van der Waals surface area contributed by atoms with E-state index in [4.69, 9.17) is 0 Å². The van der Waals surface area contributed by atoms with Gasteiger partial charge in [-0.1, -0.05) is 36.4 Å². The van der Waals surface area contributed by atoms with Crippen molar-refractivity contribution in [1.29, 1.82) is 0 Å². The fourth-order valence-electron chi connectivity index (χ4n) is 4.59. The van der Waals surface area contributed by atoms with Crippen molar-refractivity contribution in [3.63, 3.8) is 0 Å². The summed E-state index contributed by atoms with van der Waals surface area (Å²) < 4.78 is 13.8. The van der Waals surface area contributed by atoms with Crippen LogP contribution in [0, 0.1) is 5.82 Å². The number of aromatic nitrogens is 3. The fourth-order valence-corrected chi connectivity index (χ4v) is 4.59. The van der Waals surface area contributed by atoms with Crippen molar-refractivity contribution in [2.24, 2.45) is 0 Å². The Labute approximate surface area is 178 Å². The summed E-state index contributed by atoms with van der Waals surface area (Å²) >= 11 is 0. The maximum Gasteiger partial charge on any atom is 0.123 e. The van der Waals surface area contributed by atoms with Crippen molar-refractivity contribution in [2.75, 3.05) is 24.5 Å². The predicted molar refractivity (Wildman–Crippen MR) is 119 cm³/mol. The third kappa shape index (κ3) is 4.54. The van der Waals surface area contributed by atoms with E-state index in [-0.39, 0.29) is 5.82 Å². The number of nitrogens with zero attached hydrogens (tertiary/aromatic N) is 5. The number of rotatable bonds is 3. The first-order valence-electron chi connectivity index (χ1n) is 10.9. The zero-order valence-electron chi connectivity index (χ0n) is 17.8. The van der Waals surface area contributed by atoms with Crippen LogP contribution in [-0.4, -0.2) is 51.6 Å². The molecule has 0 saturated carbocycles. The molecule has 3 aromatic rings. The van der Waals surface area contributed by atoms with Gasteiger partial charge in [0.1, 0.15) is 5.82 Å². The first kappa shape index (κ1) is 20.5. The SMILES string of the molecule is CCN1CCC(N2c3cc(-n4ccnn4)ccc3CC2C)CC1.Fc1ccccc1. The first-order chi connectivity index (χ1) is 14.7. The maximum absolute atomic E-state index is 11.9. The van der Waals surface area contributed by atoms with Crippen molar-refractivity contribution in [3.8, 4) is 5.69 Å². The Balaban J connectivity index is 0.000000265. The van der Waals surface area contributed by atoms with E-state index < -0.39 is 0 Å². The molecule has 0 spiro atoms. The molecule has 5 rings (SSSR count). The second-order valence-corrected chi connectivity index (χ2v) is 8.08. The molecular weight excluding hydrogens is 377 g/mol. The Hall–Kier alpha value is -2.73. The second-order valence-electron chi connectivity index (χ2n) is 8.08. The Morgan fingerprint density at radius 1 is 1.07 bits per heavy atom. The van der Waals surface area contributed by atoms with E-state index in [1.165, 1.54) is 55.9 Å². The van der Waals surface area contributed by atoms with E-state index in [0.29, 0.717) is 12.1 Å². The molecule has 5 nitrogen and oxygen atoms in total. The van der Waals surface area contributed by atoms with Crippen LogP contribution < -0.4 is 4.90 Å². The Morgan fingerprint density at radius 3 is 2.43 bits per heavy atom. The molecule has 2 aliphatic heterocycles. The summed E-state index contributed by atoms with van der Waals surface area (Å²) in [5.74, 6) is -0.178. The summed E-state index contributed by atoms with van der Waals surface area (Å²) in [6.07, 6.45) is 7.33. The average molecular weight is 408 g/mol. The van der Waals surface area contributed by atoms with E-state index in [1.807, 2.05) is 10.9 Å². The topological polar surface area (TPSA) is 37.2 Å². The number of hydrogen-bond donors (Lipinski definition) is 0. The van der Waals surface area contributed by atoms with Gasteiger partial charge < -0.3 is 9.80 Å². The summed E-state index contributed by atoms with van der Waals surface area (Å²) in [6, 6.07) is 15.9. The van der Waals surface area contributed by atoms with Crippen LogP contribution in [0.2, 0.25) is 0 Å². The monoisotopic (exact) mass is 407 g/mol. The minimum Gasteiger partial charge on any atom is -0.365 e. The standard InChI is InChI=1S/C18H25N5.C6H5F/c1-3-21-9-6-16(7-10-21)23-14(2)12-15-4-5-17(13-18(15)23)22-11-8-19-20-22;7-6-4-2-1-3-5-6/h4-5,8,11,13-14,16H,3,6-7,9-10,12H2,1-2H3;1-5H. The lowest BCUT2D eigenvalue weighted by Gasteiger charge is -2.40. The summed E-state index contributed by atoms with van der Waals surface area (Å²) in [5, 5.41) is 8.06. The lowest BCUT2D eigenvalue weighted by Crippen LogP contribution is -2.47. The smallest absolute Gasteiger partial charge is 0.123 e. The van der Waals surface area contributed by atoms with Crippen LogP contribution in [0.1, 0.15) is 32.3 Å². The number of fused-ring (bicyclic) bond motifs is 1. The highest BCUT2D eigenvalue weighted by atomic mass is 19.1. The van der Waals surface area contributed by atoms with Gasteiger partial charge in [-0.15, -0.1) is 5.10 Å². The van der Waals surface area contributed by atoms with E-state index >= 15 is 0 Å². The van der Waals surface area contributed by atoms with Gasteiger partial charge in [-0.25, -0.2) is 9.07 Å². The number of benzene rings is 2. The molecule has 6 heteroatoms. The molecule has 158 valence electrons. The van der Waals surface area contributed by atoms with Crippen molar-refractivity contribution in [3.05, 3.63) is 72.3 Å². The third-order valence-electron chi connectivity index (χ3n) is 6.16. The normalized spacial score (nSPS) is 19.3. The van der Waals surface area contributed by atoms with Gasteiger partial charge in [-0.2, -0.15) is 0 Å². The number of hydrogen-bond acceptors (Lipinski definition) is 4. The molecule has 1 fully saturated rings. The number of halogens is 1. The molecule has 1 saturated heterocycles. The minimum absolute atomic E-state index is 0.178. The quantitative estimate of drug-likeness (QED) is 0.648. The van der Waals surface area contributed by atoms with Gasteiger partial charge in [-0.05, 0) is 62.6 Å². The van der Waals surface area contributed by atoms with Crippen LogP contribution in [-0.2, 0) is 6.42 Å². The van der Waals surface area contributed by atoms with Crippen LogP contribution in [0.4, 0.5) is 10.1 Å². The van der Waals surface area contributed by atoms with Crippen molar-refractivity contribution in [2.45, 2.75) is 45.2 Å². The van der Waals surface area contributed by atoms with Crippen LogP contribution >= 0.6 is 0 Å². The average Bonchev–Trinajstić information content (AvgIpc) is 3.42. The van der Waals surface area contributed by atoms with Crippen molar-refractivity contribution in [1.82, 2.24) is 19.9 Å². The summed E-state index contributed by atoms with van der Waals surface area (Å²) in [7, 11) is 0. The highest BCUT2D eigenvalue weighted by Gasteiger charge is 2.33. The van der Waals surface area contributed by atoms with Gasteiger partial charge in [0.05, 0.1) is 18.1 Å². The zero-order valence-corrected chi connectivity index (χ0v) is 17.8. The highest BCUT2D eigenvalue weighted by Crippen LogP contribution is 2.37. The zero-order chi connectivity index (χ0) is 20.9. The molecule has 3 heterocycles. The molecule has 2 aromatic carbocycles. The van der Waals surface area contributed by atoms with Gasteiger partial charge >= 0.3 is 0 Å². The van der Waals surface area contributed by atoms with Gasteiger partial charge in [0, 0.05) is 30.9 Å².